The number of nitrogens with one attached hydrogen (secondary N) is 3. The lowest BCUT2D eigenvalue weighted by Crippen LogP contribution is -2.57. The molecule has 0 fully saturated rings. The summed E-state index contributed by atoms with van der Waals surface area (Å²) in [4.78, 5) is 60.2. The number of nitrogens with two attached hydrogens (primary N) is 2. The van der Waals surface area contributed by atoms with E-state index in [1.807, 2.05) is 6.26 Å². The largest absolute Gasteiger partial charge is 0.481 e. The van der Waals surface area contributed by atoms with Gasteiger partial charge in [0.25, 0.3) is 0 Å². The molecule has 0 radical (unpaired) electrons. The van der Waals surface area contributed by atoms with Crippen LogP contribution in [0.2, 0.25) is 0 Å². The van der Waals surface area contributed by atoms with Gasteiger partial charge in [-0.25, -0.2) is 4.79 Å². The molecule has 9 N–H and O–H groups in total. The highest BCUT2D eigenvalue weighted by Gasteiger charge is 2.31. The second kappa shape index (κ2) is 16.3. The van der Waals surface area contributed by atoms with E-state index in [2.05, 4.69) is 16.0 Å². The van der Waals surface area contributed by atoms with E-state index in [1.54, 1.807) is 13.8 Å². The maximum Gasteiger partial charge on any atom is 0.326 e. The lowest BCUT2D eigenvalue weighted by molar-refractivity contribution is -0.143. The van der Waals surface area contributed by atoms with Gasteiger partial charge in [0, 0.05) is 0 Å². The number of hydrogen-bond donors (Lipinski definition) is 7. The lowest BCUT2D eigenvalue weighted by atomic mass is 10.0. The predicted octanol–water partition coefficient (Wildman–Crippen LogP) is -1.13. The first-order valence-electron chi connectivity index (χ1n) is 10.7. The average molecular weight is 492 g/mol. The van der Waals surface area contributed by atoms with Gasteiger partial charge in [-0.1, -0.05) is 13.8 Å². The topological polar surface area (TPSA) is 214 Å². The maximum atomic E-state index is 12.9. The average Bonchev–Trinajstić information content (AvgIpc) is 2.72. The summed E-state index contributed by atoms with van der Waals surface area (Å²) in [6.07, 6.45) is 2.75. The fourth-order valence-corrected chi connectivity index (χ4v) is 3.34. The SMILES string of the molecule is CSCCC(NC(=O)C(CCCCN)NC(=O)C(N)CC(=O)O)C(=O)NC(C(=O)O)C(C)C. The first-order valence-corrected chi connectivity index (χ1v) is 12.1. The van der Waals surface area contributed by atoms with Crippen LogP contribution in [-0.2, 0) is 24.0 Å². The second-order valence-corrected chi connectivity index (χ2v) is 8.95. The van der Waals surface area contributed by atoms with Crippen LogP contribution in [0.25, 0.3) is 0 Å². The van der Waals surface area contributed by atoms with E-state index in [-0.39, 0.29) is 18.8 Å². The molecule has 190 valence electrons. The summed E-state index contributed by atoms with van der Waals surface area (Å²) in [5, 5.41) is 25.6. The van der Waals surface area contributed by atoms with Crippen LogP contribution in [0, 0.1) is 5.92 Å². The number of rotatable bonds is 17. The number of unbranched alkanes of at least 4 members (excludes halogenated alkanes) is 1. The zero-order valence-corrected chi connectivity index (χ0v) is 20.2. The highest BCUT2D eigenvalue weighted by atomic mass is 32.2. The van der Waals surface area contributed by atoms with E-state index in [0.29, 0.717) is 25.1 Å². The molecule has 0 saturated carbocycles. The van der Waals surface area contributed by atoms with E-state index in [1.165, 1.54) is 11.8 Å². The monoisotopic (exact) mass is 491 g/mol. The molecule has 13 heteroatoms. The van der Waals surface area contributed by atoms with Crippen molar-refractivity contribution in [1.82, 2.24) is 16.0 Å². The van der Waals surface area contributed by atoms with Crippen LogP contribution < -0.4 is 27.4 Å². The molecule has 0 aromatic rings. The smallest absolute Gasteiger partial charge is 0.326 e. The van der Waals surface area contributed by atoms with E-state index >= 15 is 0 Å². The molecule has 4 atom stereocenters. The Hall–Kier alpha value is -2.38. The molecule has 3 amide bonds. The van der Waals surface area contributed by atoms with Gasteiger partial charge in [0.2, 0.25) is 17.7 Å². The van der Waals surface area contributed by atoms with Crippen LogP contribution in [0.5, 0.6) is 0 Å². The maximum absolute atomic E-state index is 12.9. The van der Waals surface area contributed by atoms with Crippen LogP contribution in [-0.4, -0.2) is 82.6 Å². The molecule has 0 aliphatic heterocycles. The Kier molecular flexibility index (Phi) is 15.1. The second-order valence-electron chi connectivity index (χ2n) is 7.96. The summed E-state index contributed by atoms with van der Waals surface area (Å²) >= 11 is 1.45. The van der Waals surface area contributed by atoms with Crippen molar-refractivity contribution in [3.05, 3.63) is 0 Å². The van der Waals surface area contributed by atoms with Crippen LogP contribution >= 0.6 is 11.8 Å². The van der Waals surface area contributed by atoms with Gasteiger partial charge in [-0.05, 0) is 50.2 Å². The first kappa shape index (κ1) is 30.6. The molecular formula is C20H37N5O7S. The number of carbonyl (C=O) groups is 5. The molecule has 0 aliphatic carbocycles. The minimum Gasteiger partial charge on any atom is -0.481 e. The van der Waals surface area contributed by atoms with E-state index in [4.69, 9.17) is 16.6 Å². The van der Waals surface area contributed by atoms with Crippen molar-refractivity contribution in [3.63, 3.8) is 0 Å². The number of carbonyl (C=O) groups excluding carboxylic acids is 3. The number of carboxylic acid groups (broad SMARTS) is 2. The molecule has 0 rings (SSSR count). The van der Waals surface area contributed by atoms with Crippen LogP contribution in [0.1, 0.15) is 46.0 Å². The Morgan fingerprint density at radius 3 is 1.91 bits per heavy atom. The molecule has 0 aliphatic rings. The molecule has 4 unspecified atom stereocenters. The first-order chi connectivity index (χ1) is 15.4. The molecule has 12 nitrogen and oxygen atoms in total. The number of hydrogen-bond acceptors (Lipinski definition) is 8. The summed E-state index contributed by atoms with van der Waals surface area (Å²) in [5.74, 6) is -4.40. The van der Waals surface area contributed by atoms with Crippen molar-refractivity contribution in [2.24, 2.45) is 17.4 Å². The number of aliphatic carboxylic acids is 2. The van der Waals surface area contributed by atoms with Gasteiger partial charge in [0.1, 0.15) is 18.1 Å². The van der Waals surface area contributed by atoms with Crippen LogP contribution in [0.15, 0.2) is 0 Å². The van der Waals surface area contributed by atoms with Crippen molar-refractivity contribution in [1.29, 1.82) is 0 Å². The number of carboxylic acids is 2. The third kappa shape index (κ3) is 12.4. The van der Waals surface area contributed by atoms with E-state index in [0.717, 1.165) is 0 Å². The van der Waals surface area contributed by atoms with Gasteiger partial charge in [0.15, 0.2) is 0 Å². The van der Waals surface area contributed by atoms with Gasteiger partial charge >= 0.3 is 11.9 Å². The highest BCUT2D eigenvalue weighted by molar-refractivity contribution is 7.98. The van der Waals surface area contributed by atoms with Gasteiger partial charge in [0.05, 0.1) is 12.5 Å². The Bertz CT molecular complexity index is 677. The summed E-state index contributed by atoms with van der Waals surface area (Å²) in [6, 6.07) is -4.55. The standard InChI is InChI=1S/C20H37N5O7S/c1-11(2)16(20(31)32)25-19(30)14(7-9-33-3)24-18(29)13(6-4-5-8-21)23-17(28)12(22)10-15(26)27/h11-14,16H,4-10,21-22H2,1-3H3,(H,23,28)(H,24,29)(H,25,30)(H,26,27)(H,31,32). The summed E-state index contributed by atoms with van der Waals surface area (Å²) in [6.45, 7) is 3.68. The Balaban J connectivity index is 5.46. The Morgan fingerprint density at radius 2 is 1.42 bits per heavy atom. The molecule has 0 heterocycles. The van der Waals surface area contributed by atoms with Crippen molar-refractivity contribution < 1.29 is 34.2 Å². The third-order valence-corrected chi connectivity index (χ3v) is 5.43. The Labute approximate surface area is 198 Å². The normalized spacial score (nSPS) is 14.6. The zero-order chi connectivity index (χ0) is 25.6. The number of amides is 3. The van der Waals surface area contributed by atoms with Crippen LogP contribution in [0.3, 0.4) is 0 Å². The van der Waals surface area contributed by atoms with Gasteiger partial charge in [-0.15, -0.1) is 0 Å². The molecule has 0 aromatic carbocycles. The van der Waals surface area contributed by atoms with E-state index in [9.17, 15) is 29.1 Å². The summed E-state index contributed by atoms with van der Waals surface area (Å²) in [7, 11) is 0. The predicted molar refractivity (Wildman–Crippen MR) is 124 cm³/mol. The molecule has 0 spiro atoms. The molecule has 0 aromatic heterocycles. The fraction of sp³-hybridized carbons (Fsp3) is 0.750. The molecular weight excluding hydrogens is 454 g/mol. The van der Waals surface area contributed by atoms with E-state index < -0.39 is 60.2 Å². The Morgan fingerprint density at radius 1 is 0.879 bits per heavy atom. The van der Waals surface area contributed by atoms with Gasteiger partial charge < -0.3 is 37.6 Å². The van der Waals surface area contributed by atoms with Crippen molar-refractivity contribution in [2.75, 3.05) is 18.6 Å². The summed E-state index contributed by atoms with van der Waals surface area (Å²) < 4.78 is 0. The van der Waals surface area contributed by atoms with Crippen molar-refractivity contribution in [2.45, 2.75) is 70.1 Å². The molecule has 0 bridgehead atoms. The third-order valence-electron chi connectivity index (χ3n) is 4.79. The highest BCUT2D eigenvalue weighted by Crippen LogP contribution is 2.08. The molecule has 33 heavy (non-hydrogen) atoms. The lowest BCUT2D eigenvalue weighted by Gasteiger charge is -2.26. The van der Waals surface area contributed by atoms with Gasteiger partial charge in [-0.3, -0.25) is 19.2 Å². The minimum absolute atomic E-state index is 0.204. The van der Waals surface area contributed by atoms with Crippen LogP contribution in [0.4, 0.5) is 0 Å². The fourth-order valence-electron chi connectivity index (χ4n) is 2.87. The quantitative estimate of drug-likeness (QED) is 0.121. The zero-order valence-electron chi connectivity index (χ0n) is 19.3. The summed E-state index contributed by atoms with van der Waals surface area (Å²) in [5.41, 5.74) is 11.1. The van der Waals surface area contributed by atoms with Crippen molar-refractivity contribution in [3.8, 4) is 0 Å². The van der Waals surface area contributed by atoms with Crippen molar-refractivity contribution >= 4 is 41.4 Å². The number of thioether (sulfide) groups is 1. The van der Waals surface area contributed by atoms with Gasteiger partial charge in [-0.2, -0.15) is 11.8 Å². The minimum atomic E-state index is -1.34. The molecule has 0 saturated heterocycles.